The summed E-state index contributed by atoms with van der Waals surface area (Å²) in [5.41, 5.74) is 17.4. The maximum atomic E-state index is 12.2. The second-order valence-electron chi connectivity index (χ2n) is 19.8. The molecule has 0 saturated heterocycles. The fraction of sp³-hybridized carbons (Fsp3) is 0.200. The predicted molar refractivity (Wildman–Crippen MR) is 266 cm³/mol. The van der Waals surface area contributed by atoms with Crippen LogP contribution in [-0.4, -0.2) is 19.6 Å². The molecular formula is C60H54N3OPt-. The molecule has 4 nitrogen and oxygen atoms in total. The molecule has 0 saturated carbocycles. The molecule has 0 aliphatic heterocycles. The number of imidazole rings is 1. The van der Waals surface area contributed by atoms with Crippen molar-refractivity contribution in [2.45, 2.75) is 77.6 Å². The van der Waals surface area contributed by atoms with E-state index in [0.717, 1.165) is 79.8 Å². The van der Waals surface area contributed by atoms with Crippen LogP contribution in [0.15, 0.2) is 170 Å². The Labute approximate surface area is 398 Å². The van der Waals surface area contributed by atoms with Crippen molar-refractivity contribution < 1.29 is 26.2 Å². The zero-order valence-electron chi connectivity index (χ0n) is 38.2. The fourth-order valence-electron chi connectivity index (χ4n) is 9.58. The smallest absolute Gasteiger partial charge is 0.148 e. The molecule has 326 valence electrons. The summed E-state index contributed by atoms with van der Waals surface area (Å²) in [5.74, 6) is 0.939. The molecule has 7 aromatic carbocycles. The van der Waals surface area contributed by atoms with E-state index < -0.39 is 0 Å². The Kier molecular flexibility index (Phi) is 11.4. The number of para-hydroxylation sites is 2. The number of nitrogens with zero attached hydrogens (tertiary/aromatic N) is 3. The minimum atomic E-state index is -0.161. The van der Waals surface area contributed by atoms with Crippen LogP contribution in [-0.2, 0) is 37.3 Å². The van der Waals surface area contributed by atoms with Crippen molar-refractivity contribution in [3.63, 3.8) is 0 Å². The maximum Gasteiger partial charge on any atom is 0.148 e. The number of pyridine rings is 1. The van der Waals surface area contributed by atoms with E-state index in [9.17, 15) is 5.11 Å². The van der Waals surface area contributed by atoms with Crippen LogP contribution in [0, 0.1) is 6.07 Å². The van der Waals surface area contributed by atoms with Crippen LogP contribution in [0.5, 0.6) is 5.75 Å². The van der Waals surface area contributed by atoms with Crippen molar-refractivity contribution in [3.8, 4) is 78.6 Å². The van der Waals surface area contributed by atoms with E-state index in [0.29, 0.717) is 5.82 Å². The van der Waals surface area contributed by atoms with E-state index in [-0.39, 0.29) is 43.1 Å². The summed E-state index contributed by atoms with van der Waals surface area (Å²) >= 11 is 0. The van der Waals surface area contributed by atoms with Gasteiger partial charge in [0.2, 0.25) is 0 Å². The zero-order chi connectivity index (χ0) is 44.4. The summed E-state index contributed by atoms with van der Waals surface area (Å²) in [6.07, 6.45) is 4.03. The van der Waals surface area contributed by atoms with E-state index in [4.69, 9.17) is 9.97 Å². The first-order valence-electron chi connectivity index (χ1n) is 22.5. The molecule has 2 heterocycles. The zero-order valence-corrected chi connectivity index (χ0v) is 40.5. The van der Waals surface area contributed by atoms with E-state index >= 15 is 0 Å². The summed E-state index contributed by atoms with van der Waals surface area (Å²) in [4.78, 5) is 10.6. The predicted octanol–water partition coefficient (Wildman–Crippen LogP) is 15.6. The molecule has 65 heavy (non-hydrogen) atoms. The number of hydrogen-bond donors (Lipinski definition) is 1. The molecule has 1 N–H and O–H groups in total. The number of aromatic nitrogens is 3. The van der Waals surface area contributed by atoms with Gasteiger partial charge < -0.3 is 5.11 Å². The van der Waals surface area contributed by atoms with Gasteiger partial charge in [-0.15, -0.1) is 29.3 Å². The van der Waals surface area contributed by atoms with Crippen molar-refractivity contribution in [1.29, 1.82) is 0 Å². The van der Waals surface area contributed by atoms with Gasteiger partial charge in [0.15, 0.2) is 0 Å². The summed E-state index contributed by atoms with van der Waals surface area (Å²) in [6, 6.07) is 61.6. The van der Waals surface area contributed by atoms with Crippen molar-refractivity contribution >= 4 is 11.0 Å². The van der Waals surface area contributed by atoms with E-state index in [2.05, 4.69) is 211 Å². The van der Waals surface area contributed by atoms with Crippen molar-refractivity contribution in [2.24, 2.45) is 0 Å². The molecule has 0 spiro atoms. The standard InChI is InChI=1S/C60H54N3O.Pt/c1-58(2,3)46-34-44(33-45(35-46)52-36-43(29-32-61-52)41-27-25-40(26-28-41)39-17-10-8-11-18-39)48-22-16-24-54-56(48)62-57(63(54)53-23-15-14-21-47(53)42-19-12-9-13-20-42)49-37-50-51(38-55(49)64)60(6,7)31-30-59(50,4)5;/h8-29,32,34-38,64H,30-31H2,1-7H3;/q-1;. The molecule has 0 fully saturated rings. The van der Waals surface area contributed by atoms with Gasteiger partial charge in [-0.25, -0.2) is 4.98 Å². The number of benzene rings is 7. The topological polar surface area (TPSA) is 50.9 Å². The molecule has 1 aliphatic carbocycles. The Balaban J connectivity index is 0.00000533. The number of rotatable bonds is 7. The molecule has 0 atom stereocenters. The van der Waals surface area contributed by atoms with E-state index in [1.807, 2.05) is 18.3 Å². The second-order valence-corrected chi connectivity index (χ2v) is 19.8. The first-order valence-corrected chi connectivity index (χ1v) is 22.5. The third-order valence-electron chi connectivity index (χ3n) is 13.5. The largest absolute Gasteiger partial charge is 0.507 e. The van der Waals surface area contributed by atoms with Crippen LogP contribution < -0.4 is 0 Å². The summed E-state index contributed by atoms with van der Waals surface area (Å²) in [5, 5.41) is 12.2. The average molecular weight is 1030 g/mol. The van der Waals surface area contributed by atoms with Crippen molar-refractivity contribution in [1.82, 2.24) is 14.5 Å². The quantitative estimate of drug-likeness (QED) is 0.162. The molecule has 5 heteroatoms. The molecule has 0 amide bonds. The minimum absolute atomic E-state index is 0. The van der Waals surface area contributed by atoms with Gasteiger partial charge in [-0.05, 0) is 98.4 Å². The van der Waals surface area contributed by atoms with Gasteiger partial charge in [-0.3, -0.25) is 9.55 Å². The third-order valence-corrected chi connectivity index (χ3v) is 13.5. The van der Waals surface area contributed by atoms with E-state index in [1.54, 1.807) is 0 Å². The molecule has 0 radical (unpaired) electrons. The molecule has 2 aromatic heterocycles. The second kappa shape index (κ2) is 16.9. The first-order chi connectivity index (χ1) is 30.7. The monoisotopic (exact) mass is 1030 g/mol. The number of aromatic hydroxyl groups is 1. The van der Waals surface area contributed by atoms with Gasteiger partial charge in [0.1, 0.15) is 11.6 Å². The Morgan fingerprint density at radius 3 is 1.80 bits per heavy atom. The third kappa shape index (κ3) is 8.19. The van der Waals surface area contributed by atoms with Crippen LogP contribution in [0.4, 0.5) is 0 Å². The fourth-order valence-corrected chi connectivity index (χ4v) is 9.58. The van der Waals surface area contributed by atoms with E-state index in [1.165, 1.54) is 27.8 Å². The van der Waals surface area contributed by atoms with Crippen LogP contribution >= 0.6 is 0 Å². The summed E-state index contributed by atoms with van der Waals surface area (Å²) < 4.78 is 2.26. The molecule has 0 bridgehead atoms. The van der Waals surface area contributed by atoms with Gasteiger partial charge in [0, 0.05) is 38.5 Å². The molecule has 9 aromatic rings. The van der Waals surface area contributed by atoms with Crippen LogP contribution in [0.2, 0.25) is 0 Å². The summed E-state index contributed by atoms with van der Waals surface area (Å²) in [7, 11) is 0. The molecule has 1 aliphatic rings. The van der Waals surface area contributed by atoms with Crippen LogP contribution in [0.1, 0.15) is 78.0 Å². The number of hydrogen-bond acceptors (Lipinski definition) is 3. The molecular weight excluding hydrogens is 974 g/mol. The maximum absolute atomic E-state index is 12.2. The summed E-state index contributed by atoms with van der Waals surface area (Å²) in [6.45, 7) is 16.0. The Morgan fingerprint density at radius 2 is 1.12 bits per heavy atom. The van der Waals surface area contributed by atoms with Crippen LogP contribution in [0.3, 0.4) is 0 Å². The Bertz CT molecular complexity index is 3190. The molecule has 10 rings (SSSR count). The Hall–Kier alpha value is -6.35. The van der Waals surface area contributed by atoms with Crippen molar-refractivity contribution in [2.75, 3.05) is 0 Å². The normalized spacial score (nSPS) is 14.1. The van der Waals surface area contributed by atoms with Crippen molar-refractivity contribution in [3.05, 3.63) is 193 Å². The van der Waals surface area contributed by atoms with Gasteiger partial charge >= 0.3 is 0 Å². The number of fused-ring (bicyclic) bond motifs is 2. The number of phenolic OH excluding ortho intramolecular Hbond substituents is 1. The van der Waals surface area contributed by atoms with Crippen LogP contribution in [0.25, 0.3) is 83.9 Å². The SMILES string of the molecule is CC(C)(C)c1cc(-c2cc(-c3ccc(-c4ccccc4)cc3)ccn2)[c-]c(-c2cccc3c2nc(-c2cc4c(cc2O)C(C)(C)CCC4(C)C)n3-c2ccccc2-c2ccccc2)c1.[Pt]. The minimum Gasteiger partial charge on any atom is -0.507 e. The van der Waals surface area contributed by atoms with Gasteiger partial charge in [0.25, 0.3) is 0 Å². The number of phenols is 1. The van der Waals surface area contributed by atoms with Gasteiger partial charge in [-0.1, -0.05) is 181 Å². The Morgan fingerprint density at radius 1 is 0.554 bits per heavy atom. The van der Waals surface area contributed by atoms with Gasteiger partial charge in [0.05, 0.1) is 22.3 Å². The average Bonchev–Trinajstić information content (AvgIpc) is 3.70. The first kappa shape index (κ1) is 43.9. The molecule has 0 unspecified atom stereocenters. The van der Waals surface area contributed by atoms with Gasteiger partial charge in [-0.2, -0.15) is 0 Å².